The van der Waals surface area contributed by atoms with Gasteiger partial charge in [0.05, 0.1) is 5.75 Å². The van der Waals surface area contributed by atoms with E-state index in [4.69, 9.17) is 4.74 Å². The highest BCUT2D eigenvalue weighted by atomic mass is 32.2. The topological polar surface area (TPSA) is 60.3 Å². The van der Waals surface area contributed by atoms with Crippen molar-refractivity contribution in [2.45, 2.75) is 44.9 Å². The molecule has 7 heteroatoms. The smallest absolute Gasteiger partial charge is 0.237 e. The third kappa shape index (κ3) is 5.05. The first-order valence-electron chi connectivity index (χ1n) is 11.0. The van der Waals surface area contributed by atoms with Gasteiger partial charge < -0.3 is 9.64 Å². The number of nitrogens with zero attached hydrogens (tertiary/aromatic N) is 4. The number of hydrogen-bond donors (Lipinski definition) is 0. The molecule has 4 rings (SSSR count). The number of para-hydroxylation sites is 2. The lowest BCUT2D eigenvalue weighted by atomic mass is 10.2. The van der Waals surface area contributed by atoms with Crippen molar-refractivity contribution in [2.24, 2.45) is 0 Å². The quantitative estimate of drug-likeness (QED) is 0.423. The maximum absolute atomic E-state index is 12.9. The molecule has 32 heavy (non-hydrogen) atoms. The Bertz CT molecular complexity index is 1090. The lowest BCUT2D eigenvalue weighted by Crippen LogP contribution is -2.31. The summed E-state index contributed by atoms with van der Waals surface area (Å²) in [5, 5.41) is 9.47. The van der Waals surface area contributed by atoms with E-state index in [1.165, 1.54) is 11.8 Å². The molecule has 1 aliphatic carbocycles. The van der Waals surface area contributed by atoms with Gasteiger partial charge in [0.25, 0.3) is 0 Å². The second-order valence-electron chi connectivity index (χ2n) is 7.64. The van der Waals surface area contributed by atoms with Crippen LogP contribution in [0.5, 0.6) is 5.75 Å². The molecule has 6 nitrogen and oxygen atoms in total. The van der Waals surface area contributed by atoms with Crippen LogP contribution in [0.4, 0.5) is 0 Å². The Labute approximate surface area is 193 Å². The zero-order valence-corrected chi connectivity index (χ0v) is 19.3. The molecule has 1 amide bonds. The Kier molecular flexibility index (Phi) is 7.27. The molecule has 0 unspecified atom stereocenters. The number of aryl methyl sites for hydroxylation is 1. The van der Waals surface area contributed by atoms with Gasteiger partial charge in [0.1, 0.15) is 12.4 Å². The Morgan fingerprint density at radius 3 is 2.62 bits per heavy atom. The standard InChI is InChI=1S/C25H28N4O2S/c1-3-28(20-12-8-9-13-20)24(30)18-32-25-27-26-23(29(25)21-14-5-4-6-15-21)17-31-22-16-10-7-11-19(22)2/h4-7,10-12,14-16H,3,8-9,13,17-18H2,1-2H3. The summed E-state index contributed by atoms with van der Waals surface area (Å²) in [6.45, 7) is 5.01. The Morgan fingerprint density at radius 1 is 1.12 bits per heavy atom. The molecule has 1 aromatic heterocycles. The minimum atomic E-state index is 0.103. The van der Waals surface area contributed by atoms with Crippen molar-refractivity contribution < 1.29 is 9.53 Å². The van der Waals surface area contributed by atoms with Gasteiger partial charge in [-0.3, -0.25) is 9.36 Å². The number of hydrogen-bond acceptors (Lipinski definition) is 5. The fourth-order valence-corrected chi connectivity index (χ4v) is 4.67. The number of ether oxygens (including phenoxy) is 1. The van der Waals surface area contributed by atoms with Crippen molar-refractivity contribution in [3.8, 4) is 11.4 Å². The van der Waals surface area contributed by atoms with Crippen LogP contribution in [-0.4, -0.2) is 37.9 Å². The fraction of sp³-hybridized carbons (Fsp3) is 0.320. The summed E-state index contributed by atoms with van der Waals surface area (Å²) in [6.07, 6.45) is 5.34. The predicted molar refractivity (Wildman–Crippen MR) is 127 cm³/mol. The molecule has 0 fully saturated rings. The van der Waals surface area contributed by atoms with E-state index in [1.807, 2.05) is 77.9 Å². The van der Waals surface area contributed by atoms with E-state index >= 15 is 0 Å². The number of carbonyl (C=O) groups is 1. The second kappa shape index (κ2) is 10.5. The van der Waals surface area contributed by atoms with Crippen molar-refractivity contribution in [2.75, 3.05) is 12.3 Å². The van der Waals surface area contributed by atoms with Gasteiger partial charge in [-0.25, -0.2) is 0 Å². The van der Waals surface area contributed by atoms with Crippen molar-refractivity contribution in [1.29, 1.82) is 0 Å². The lowest BCUT2D eigenvalue weighted by molar-refractivity contribution is -0.126. The van der Waals surface area contributed by atoms with Gasteiger partial charge in [0.2, 0.25) is 5.91 Å². The van der Waals surface area contributed by atoms with Crippen LogP contribution in [0.25, 0.3) is 5.69 Å². The van der Waals surface area contributed by atoms with Crippen LogP contribution in [0.3, 0.4) is 0 Å². The highest BCUT2D eigenvalue weighted by molar-refractivity contribution is 7.99. The number of carbonyl (C=O) groups excluding carboxylic acids is 1. The molecule has 0 N–H and O–H groups in total. The zero-order chi connectivity index (χ0) is 22.3. The van der Waals surface area contributed by atoms with Gasteiger partial charge in [-0.15, -0.1) is 10.2 Å². The van der Waals surface area contributed by atoms with Crippen LogP contribution in [-0.2, 0) is 11.4 Å². The van der Waals surface area contributed by atoms with Crippen LogP contribution < -0.4 is 4.74 Å². The van der Waals surface area contributed by atoms with E-state index in [2.05, 4.69) is 16.3 Å². The molecule has 2 aromatic carbocycles. The maximum Gasteiger partial charge on any atom is 0.237 e. The van der Waals surface area contributed by atoms with Crippen LogP contribution in [0, 0.1) is 6.92 Å². The molecule has 0 bridgehead atoms. The molecule has 0 atom stereocenters. The highest BCUT2D eigenvalue weighted by Crippen LogP contribution is 2.26. The van der Waals surface area contributed by atoms with Crippen molar-refractivity contribution >= 4 is 17.7 Å². The largest absolute Gasteiger partial charge is 0.485 e. The van der Waals surface area contributed by atoms with E-state index in [1.54, 1.807) is 0 Å². The van der Waals surface area contributed by atoms with E-state index in [-0.39, 0.29) is 12.5 Å². The third-order valence-electron chi connectivity index (χ3n) is 5.47. The number of benzene rings is 2. The van der Waals surface area contributed by atoms with Crippen molar-refractivity contribution in [3.05, 3.63) is 77.8 Å². The molecule has 0 spiro atoms. The average molecular weight is 449 g/mol. The Balaban J connectivity index is 1.53. The zero-order valence-electron chi connectivity index (χ0n) is 18.5. The number of thioether (sulfide) groups is 1. The lowest BCUT2D eigenvalue weighted by Gasteiger charge is -2.22. The summed E-state index contributed by atoms with van der Waals surface area (Å²) in [5.41, 5.74) is 3.16. The average Bonchev–Trinajstić information content (AvgIpc) is 3.48. The SMILES string of the molecule is CCN(C(=O)CSc1nnc(COc2ccccc2C)n1-c1ccccc1)C1=CCCC1. The molecule has 0 saturated heterocycles. The monoisotopic (exact) mass is 448 g/mol. The molecule has 166 valence electrons. The summed E-state index contributed by atoms with van der Waals surface area (Å²) in [4.78, 5) is 14.8. The minimum Gasteiger partial charge on any atom is -0.485 e. The predicted octanol–water partition coefficient (Wildman–Crippen LogP) is 5.16. The molecular weight excluding hydrogens is 420 g/mol. The number of aromatic nitrogens is 3. The molecule has 1 heterocycles. The van der Waals surface area contributed by atoms with Gasteiger partial charge in [0.15, 0.2) is 11.0 Å². The normalized spacial score (nSPS) is 13.1. The van der Waals surface area contributed by atoms with Gasteiger partial charge in [-0.1, -0.05) is 54.2 Å². The summed E-state index contributed by atoms with van der Waals surface area (Å²) in [5.74, 6) is 1.93. The maximum atomic E-state index is 12.9. The molecule has 0 aliphatic heterocycles. The van der Waals surface area contributed by atoms with E-state index < -0.39 is 0 Å². The fourth-order valence-electron chi connectivity index (χ4n) is 3.83. The van der Waals surface area contributed by atoms with Crippen LogP contribution in [0.15, 0.2) is 71.5 Å². The minimum absolute atomic E-state index is 0.103. The molecular formula is C25H28N4O2S. The number of allylic oxidation sites excluding steroid dienone is 2. The van der Waals surface area contributed by atoms with Crippen LogP contribution in [0.1, 0.15) is 37.6 Å². The van der Waals surface area contributed by atoms with Crippen molar-refractivity contribution in [3.63, 3.8) is 0 Å². The van der Waals surface area contributed by atoms with Crippen LogP contribution in [0.2, 0.25) is 0 Å². The molecule has 0 saturated carbocycles. The van der Waals surface area contributed by atoms with E-state index in [0.717, 1.165) is 42.0 Å². The van der Waals surface area contributed by atoms with Crippen molar-refractivity contribution in [1.82, 2.24) is 19.7 Å². The number of amides is 1. The first-order chi connectivity index (χ1) is 15.7. The summed E-state index contributed by atoms with van der Waals surface area (Å²) < 4.78 is 8.01. The highest BCUT2D eigenvalue weighted by Gasteiger charge is 2.21. The van der Waals surface area contributed by atoms with E-state index in [0.29, 0.717) is 23.3 Å². The summed E-state index contributed by atoms with van der Waals surface area (Å²) >= 11 is 1.41. The number of rotatable bonds is 9. The molecule has 0 radical (unpaired) electrons. The Hall–Kier alpha value is -3.06. The van der Waals surface area contributed by atoms with Gasteiger partial charge in [-0.05, 0) is 56.9 Å². The molecule has 3 aromatic rings. The van der Waals surface area contributed by atoms with Crippen LogP contribution >= 0.6 is 11.8 Å². The first kappa shape index (κ1) is 22.1. The third-order valence-corrected chi connectivity index (χ3v) is 6.38. The summed E-state index contributed by atoms with van der Waals surface area (Å²) in [7, 11) is 0. The van der Waals surface area contributed by atoms with Gasteiger partial charge >= 0.3 is 0 Å². The summed E-state index contributed by atoms with van der Waals surface area (Å²) in [6, 6.07) is 17.9. The second-order valence-corrected chi connectivity index (χ2v) is 8.58. The first-order valence-corrected chi connectivity index (χ1v) is 12.0. The van der Waals surface area contributed by atoms with Gasteiger partial charge in [0, 0.05) is 17.9 Å². The Morgan fingerprint density at radius 2 is 1.91 bits per heavy atom. The molecule has 1 aliphatic rings. The van der Waals surface area contributed by atoms with Gasteiger partial charge in [-0.2, -0.15) is 0 Å². The van der Waals surface area contributed by atoms with E-state index in [9.17, 15) is 4.79 Å².